The van der Waals surface area contributed by atoms with Gasteiger partial charge in [0.1, 0.15) is 0 Å². The number of pyridine rings is 1. The Labute approximate surface area is 114 Å². The molecule has 0 spiro atoms. The molecule has 0 unspecified atom stereocenters. The molecule has 0 fully saturated rings. The number of hydrogen-bond acceptors (Lipinski definition) is 2. The predicted octanol–water partition coefficient (Wildman–Crippen LogP) is 3.17. The number of hydrogen-bond donors (Lipinski definition) is 1. The van der Waals surface area contributed by atoms with E-state index in [1.54, 1.807) is 18.3 Å². The third-order valence-corrected chi connectivity index (χ3v) is 4.23. The van der Waals surface area contributed by atoms with E-state index in [2.05, 4.69) is 24.1 Å². The highest BCUT2D eigenvalue weighted by Gasteiger charge is 2.26. The highest BCUT2D eigenvalue weighted by atomic mass is 35.5. The van der Waals surface area contributed by atoms with Crippen LogP contribution in [0.25, 0.3) is 0 Å². The lowest BCUT2D eigenvalue weighted by Gasteiger charge is -2.29. The first-order valence-corrected chi connectivity index (χ1v) is 6.88. The summed E-state index contributed by atoms with van der Waals surface area (Å²) >= 11 is 6.02. The summed E-state index contributed by atoms with van der Waals surface area (Å²) in [5.74, 6) is 0.490. The first-order chi connectivity index (χ1) is 8.58. The van der Waals surface area contributed by atoms with Crippen molar-refractivity contribution in [1.29, 1.82) is 0 Å². The number of halogens is 1. The van der Waals surface area contributed by atoms with E-state index in [-0.39, 0.29) is 11.3 Å². The predicted molar refractivity (Wildman–Crippen MR) is 75.0 cm³/mol. The molecule has 0 aliphatic rings. The van der Waals surface area contributed by atoms with Gasteiger partial charge in [0.2, 0.25) is 0 Å². The smallest absolute Gasteiger partial charge is 0.253 e. The van der Waals surface area contributed by atoms with Crippen LogP contribution in [0.3, 0.4) is 0 Å². The molecule has 0 aliphatic carbocycles. The average molecular weight is 269 g/mol. The normalized spacial score (nSPS) is 11.3. The van der Waals surface area contributed by atoms with E-state index in [1.165, 1.54) is 0 Å². The van der Waals surface area contributed by atoms with E-state index in [1.807, 2.05) is 6.92 Å². The number of carbonyl (C=O) groups excluding carboxylic acids is 1. The van der Waals surface area contributed by atoms with E-state index >= 15 is 0 Å². The monoisotopic (exact) mass is 268 g/mol. The van der Waals surface area contributed by atoms with Gasteiger partial charge in [0.25, 0.3) is 5.91 Å². The van der Waals surface area contributed by atoms with Crippen molar-refractivity contribution < 1.29 is 4.79 Å². The van der Waals surface area contributed by atoms with Crippen LogP contribution in [0.2, 0.25) is 0 Å². The van der Waals surface area contributed by atoms with Gasteiger partial charge in [-0.25, -0.2) is 0 Å². The molecule has 0 saturated heterocycles. The largest absolute Gasteiger partial charge is 0.351 e. The number of aromatic nitrogens is 1. The second kappa shape index (κ2) is 6.74. The van der Waals surface area contributed by atoms with Crippen molar-refractivity contribution in [3.8, 4) is 0 Å². The summed E-state index contributed by atoms with van der Waals surface area (Å²) in [5.41, 5.74) is 1.38. The lowest BCUT2D eigenvalue weighted by atomic mass is 9.84. The van der Waals surface area contributed by atoms with Crippen molar-refractivity contribution in [1.82, 2.24) is 10.3 Å². The van der Waals surface area contributed by atoms with Gasteiger partial charge in [-0.1, -0.05) is 13.8 Å². The van der Waals surface area contributed by atoms with Crippen LogP contribution in [0.1, 0.15) is 42.7 Å². The average Bonchev–Trinajstić information content (AvgIpc) is 2.41. The topological polar surface area (TPSA) is 42.0 Å². The molecule has 1 rings (SSSR count). The van der Waals surface area contributed by atoms with Gasteiger partial charge < -0.3 is 5.32 Å². The highest BCUT2D eigenvalue weighted by molar-refractivity contribution is 6.18. The summed E-state index contributed by atoms with van der Waals surface area (Å²) in [6, 6.07) is 3.56. The first kappa shape index (κ1) is 15.0. The molecule has 0 radical (unpaired) electrons. The molecule has 1 aromatic heterocycles. The summed E-state index contributed by atoms with van der Waals surface area (Å²) in [6.45, 7) is 6.65. The Bertz CT molecular complexity index is 394. The van der Waals surface area contributed by atoms with Crippen LogP contribution in [0.5, 0.6) is 0 Å². The fraction of sp³-hybridized carbons (Fsp3) is 0.571. The Morgan fingerprint density at radius 3 is 2.61 bits per heavy atom. The summed E-state index contributed by atoms with van der Waals surface area (Å²) in [6.07, 6.45) is 3.60. The molecule has 18 heavy (non-hydrogen) atoms. The quantitative estimate of drug-likeness (QED) is 0.806. The summed E-state index contributed by atoms with van der Waals surface area (Å²) in [4.78, 5) is 16.2. The fourth-order valence-electron chi connectivity index (χ4n) is 1.82. The van der Waals surface area contributed by atoms with Crippen molar-refractivity contribution in [2.75, 3.05) is 12.4 Å². The van der Waals surface area contributed by atoms with Crippen LogP contribution < -0.4 is 5.32 Å². The molecule has 1 heterocycles. The minimum absolute atomic E-state index is 0.00662. The Hall–Kier alpha value is -1.09. The Kier molecular flexibility index (Phi) is 5.60. The summed E-state index contributed by atoms with van der Waals surface area (Å²) < 4.78 is 0. The molecule has 1 aromatic rings. The van der Waals surface area contributed by atoms with E-state index in [0.717, 1.165) is 18.5 Å². The van der Waals surface area contributed by atoms with Crippen LogP contribution >= 0.6 is 11.6 Å². The maximum atomic E-state index is 12.1. The molecule has 3 nitrogen and oxygen atoms in total. The molecule has 0 aliphatic heterocycles. The molecule has 0 saturated carbocycles. The van der Waals surface area contributed by atoms with Crippen molar-refractivity contribution in [3.05, 3.63) is 29.6 Å². The Morgan fingerprint density at radius 2 is 2.11 bits per heavy atom. The van der Waals surface area contributed by atoms with Crippen LogP contribution in [0, 0.1) is 12.3 Å². The number of carbonyl (C=O) groups is 1. The molecule has 0 atom stereocenters. The zero-order chi connectivity index (χ0) is 13.6. The van der Waals surface area contributed by atoms with E-state index in [9.17, 15) is 4.79 Å². The number of nitrogens with one attached hydrogen (secondary N) is 1. The molecular weight excluding hydrogens is 248 g/mol. The standard InChI is InChI=1S/C14H21ClN2O/c1-4-14(5-2,9-15)10-17-13(18)12-7-6-8-16-11(12)3/h6-8H,4-5,9-10H2,1-3H3,(H,17,18). The molecule has 4 heteroatoms. The molecule has 1 amide bonds. The van der Waals surface area contributed by atoms with Gasteiger partial charge in [-0.2, -0.15) is 0 Å². The van der Waals surface area contributed by atoms with Crippen molar-refractivity contribution in [2.45, 2.75) is 33.6 Å². The van der Waals surface area contributed by atoms with Gasteiger partial charge in [-0.05, 0) is 31.9 Å². The van der Waals surface area contributed by atoms with Crippen LogP contribution in [-0.2, 0) is 0 Å². The van der Waals surface area contributed by atoms with Gasteiger partial charge in [-0.15, -0.1) is 11.6 Å². The second-order valence-electron chi connectivity index (χ2n) is 4.66. The van der Waals surface area contributed by atoms with Crippen LogP contribution in [0.15, 0.2) is 18.3 Å². The van der Waals surface area contributed by atoms with Crippen LogP contribution in [-0.4, -0.2) is 23.3 Å². The number of amides is 1. The lowest BCUT2D eigenvalue weighted by molar-refractivity contribution is 0.0930. The van der Waals surface area contributed by atoms with Gasteiger partial charge >= 0.3 is 0 Å². The molecule has 100 valence electrons. The van der Waals surface area contributed by atoms with Gasteiger partial charge in [0.05, 0.1) is 5.56 Å². The summed E-state index contributed by atoms with van der Waals surface area (Å²) in [7, 11) is 0. The van der Waals surface area contributed by atoms with E-state index in [4.69, 9.17) is 11.6 Å². The maximum Gasteiger partial charge on any atom is 0.253 e. The zero-order valence-electron chi connectivity index (χ0n) is 11.3. The van der Waals surface area contributed by atoms with E-state index in [0.29, 0.717) is 18.0 Å². The third kappa shape index (κ3) is 3.45. The zero-order valence-corrected chi connectivity index (χ0v) is 12.0. The van der Waals surface area contributed by atoms with Gasteiger partial charge in [-0.3, -0.25) is 9.78 Å². The number of aryl methyl sites for hydroxylation is 1. The Morgan fingerprint density at radius 1 is 1.44 bits per heavy atom. The minimum Gasteiger partial charge on any atom is -0.351 e. The summed E-state index contributed by atoms with van der Waals surface area (Å²) in [5, 5.41) is 2.97. The number of nitrogens with zero attached hydrogens (tertiary/aromatic N) is 1. The third-order valence-electron chi connectivity index (χ3n) is 3.66. The second-order valence-corrected chi connectivity index (χ2v) is 4.93. The molecule has 0 bridgehead atoms. The van der Waals surface area contributed by atoms with Crippen molar-refractivity contribution in [2.24, 2.45) is 5.41 Å². The van der Waals surface area contributed by atoms with E-state index < -0.39 is 0 Å². The van der Waals surface area contributed by atoms with Crippen LogP contribution in [0.4, 0.5) is 0 Å². The van der Waals surface area contributed by atoms with Gasteiger partial charge in [0, 0.05) is 29.7 Å². The molecule has 0 aromatic carbocycles. The lowest BCUT2D eigenvalue weighted by Crippen LogP contribution is -2.38. The Balaban J connectivity index is 2.69. The number of rotatable bonds is 6. The van der Waals surface area contributed by atoms with Crippen molar-refractivity contribution in [3.63, 3.8) is 0 Å². The number of alkyl halides is 1. The minimum atomic E-state index is -0.0722. The molecule has 1 N–H and O–H groups in total. The van der Waals surface area contributed by atoms with Crippen molar-refractivity contribution >= 4 is 17.5 Å². The SMILES string of the molecule is CCC(CC)(CCl)CNC(=O)c1cccnc1C. The maximum absolute atomic E-state index is 12.1. The highest BCUT2D eigenvalue weighted by Crippen LogP contribution is 2.27. The molecular formula is C14H21ClN2O. The first-order valence-electron chi connectivity index (χ1n) is 6.34. The van der Waals surface area contributed by atoms with Gasteiger partial charge in [0.15, 0.2) is 0 Å². The fourth-order valence-corrected chi connectivity index (χ4v) is 2.30.